The molecular formula is C32H30F2N6O2. The van der Waals surface area contributed by atoms with E-state index in [0.717, 1.165) is 34.3 Å². The molecule has 1 aromatic carbocycles. The molecule has 5 heterocycles. The number of rotatable bonds is 6. The molecule has 0 amide bonds. The van der Waals surface area contributed by atoms with E-state index in [2.05, 4.69) is 25.2 Å². The van der Waals surface area contributed by atoms with Crippen LogP contribution in [0.25, 0.3) is 33.4 Å². The van der Waals surface area contributed by atoms with Crippen molar-refractivity contribution in [2.24, 2.45) is 0 Å². The van der Waals surface area contributed by atoms with Gasteiger partial charge in [-0.3, -0.25) is 4.98 Å². The van der Waals surface area contributed by atoms with Gasteiger partial charge in [-0.1, -0.05) is 0 Å². The van der Waals surface area contributed by atoms with Crippen molar-refractivity contribution in [1.29, 1.82) is 0 Å². The van der Waals surface area contributed by atoms with Gasteiger partial charge in [0.15, 0.2) is 0 Å². The molecule has 1 N–H and O–H groups in total. The number of ether oxygens (including phenoxy) is 2. The molecule has 0 unspecified atom stereocenters. The Morgan fingerprint density at radius 2 is 1.74 bits per heavy atom. The number of aromatic nitrogens is 4. The quantitative estimate of drug-likeness (QED) is 0.247. The molecule has 8 nitrogen and oxygen atoms in total. The number of hydrogen-bond donors (Lipinski definition) is 1. The number of aryl methyl sites for hydroxylation is 2. The van der Waals surface area contributed by atoms with E-state index in [0.29, 0.717) is 60.5 Å². The van der Waals surface area contributed by atoms with E-state index in [1.807, 2.05) is 45.0 Å². The topological polar surface area (TPSA) is 85.3 Å². The number of pyridine rings is 4. The summed E-state index contributed by atoms with van der Waals surface area (Å²) in [5.74, 6) is -0.159. The summed E-state index contributed by atoms with van der Waals surface area (Å²) in [6.07, 6.45) is 3.49. The summed E-state index contributed by atoms with van der Waals surface area (Å²) in [7, 11) is 1.57. The second kappa shape index (κ2) is 11.3. The van der Waals surface area contributed by atoms with Gasteiger partial charge in [-0.05, 0) is 44.5 Å². The number of fused-ring (bicyclic) bond motifs is 1. The Bertz CT molecular complexity index is 1810. The first-order valence-corrected chi connectivity index (χ1v) is 13.7. The van der Waals surface area contributed by atoms with Crippen molar-refractivity contribution in [3.05, 3.63) is 83.3 Å². The fraction of sp³-hybridized carbons (Fsp3) is 0.250. The molecule has 0 spiro atoms. The molecule has 0 saturated carbocycles. The molecule has 214 valence electrons. The van der Waals surface area contributed by atoms with E-state index in [1.165, 1.54) is 6.07 Å². The summed E-state index contributed by atoms with van der Waals surface area (Å²) >= 11 is 0. The molecule has 0 aliphatic carbocycles. The Balaban J connectivity index is 1.58. The van der Waals surface area contributed by atoms with Gasteiger partial charge in [-0.2, -0.15) is 0 Å². The van der Waals surface area contributed by atoms with E-state index in [1.54, 1.807) is 25.6 Å². The Labute approximate surface area is 242 Å². The zero-order valence-corrected chi connectivity index (χ0v) is 23.8. The van der Waals surface area contributed by atoms with Crippen LogP contribution >= 0.6 is 0 Å². The van der Waals surface area contributed by atoms with Crippen LogP contribution in [0.1, 0.15) is 16.8 Å². The monoisotopic (exact) mass is 568 g/mol. The highest BCUT2D eigenvalue weighted by molar-refractivity contribution is 5.99. The summed E-state index contributed by atoms with van der Waals surface area (Å²) in [5.41, 5.74) is 6.49. The highest BCUT2D eigenvalue weighted by Crippen LogP contribution is 2.40. The van der Waals surface area contributed by atoms with Gasteiger partial charge >= 0.3 is 0 Å². The molecule has 1 aliphatic heterocycles. The minimum Gasteiger partial charge on any atom is -0.481 e. The molecule has 0 bridgehead atoms. The van der Waals surface area contributed by atoms with Crippen LogP contribution in [0.2, 0.25) is 0 Å². The highest BCUT2D eigenvalue weighted by atomic mass is 19.1. The number of halogens is 2. The van der Waals surface area contributed by atoms with E-state index in [4.69, 9.17) is 14.5 Å². The average molecular weight is 569 g/mol. The zero-order chi connectivity index (χ0) is 29.4. The second-order valence-electron chi connectivity index (χ2n) is 10.3. The molecule has 42 heavy (non-hydrogen) atoms. The van der Waals surface area contributed by atoms with E-state index >= 15 is 4.39 Å². The molecule has 4 aromatic heterocycles. The summed E-state index contributed by atoms with van der Waals surface area (Å²) < 4.78 is 40.8. The number of benzene rings is 1. The van der Waals surface area contributed by atoms with E-state index in [-0.39, 0.29) is 10.9 Å². The number of nitrogens with zero attached hydrogens (tertiary/aromatic N) is 5. The standard InChI is InChI=1S/C32H30F2N6O2/c1-18-7-8-35-27(13-18)31-19(2)32(30-24(34)14-21(33)15-26(30)39-31)38-25-16-28(40-9-11-42-12-10-40)36-17-23(25)22-5-6-29(41-4)37-20(22)3/h5-8,13-17H,9-12H2,1-4H3,(H,36,38,39). The number of nitrogens with one attached hydrogen (secondary N) is 1. The van der Waals surface area contributed by atoms with E-state index in [9.17, 15) is 4.39 Å². The predicted octanol–water partition coefficient (Wildman–Crippen LogP) is 6.55. The lowest BCUT2D eigenvalue weighted by Crippen LogP contribution is -2.36. The van der Waals surface area contributed by atoms with Gasteiger partial charge in [-0.15, -0.1) is 0 Å². The third-order valence-electron chi connectivity index (χ3n) is 7.45. The van der Waals surface area contributed by atoms with Gasteiger partial charge in [0.05, 0.1) is 54.0 Å². The smallest absolute Gasteiger partial charge is 0.213 e. The van der Waals surface area contributed by atoms with Crippen LogP contribution < -0.4 is 15.0 Å². The van der Waals surface area contributed by atoms with Crippen molar-refractivity contribution in [1.82, 2.24) is 19.9 Å². The summed E-state index contributed by atoms with van der Waals surface area (Å²) in [5, 5.41) is 3.70. The van der Waals surface area contributed by atoms with Crippen LogP contribution in [0.4, 0.5) is 26.0 Å². The van der Waals surface area contributed by atoms with Gasteiger partial charge in [-0.25, -0.2) is 23.7 Å². The normalized spacial score (nSPS) is 13.4. The van der Waals surface area contributed by atoms with E-state index < -0.39 is 11.6 Å². The fourth-order valence-electron chi connectivity index (χ4n) is 5.28. The van der Waals surface area contributed by atoms with Crippen molar-refractivity contribution in [2.75, 3.05) is 43.6 Å². The maximum atomic E-state index is 15.5. The highest BCUT2D eigenvalue weighted by Gasteiger charge is 2.22. The van der Waals surface area contributed by atoms with Crippen molar-refractivity contribution in [2.45, 2.75) is 20.8 Å². The number of morpholine rings is 1. The predicted molar refractivity (Wildman–Crippen MR) is 159 cm³/mol. The molecular weight excluding hydrogens is 538 g/mol. The van der Waals surface area contributed by atoms with Gasteiger partial charge in [0.1, 0.15) is 17.5 Å². The van der Waals surface area contributed by atoms with Crippen LogP contribution in [-0.4, -0.2) is 53.3 Å². The molecule has 0 radical (unpaired) electrons. The number of hydrogen-bond acceptors (Lipinski definition) is 8. The Kier molecular flexibility index (Phi) is 7.38. The van der Waals surface area contributed by atoms with Crippen LogP contribution in [0.5, 0.6) is 5.88 Å². The first-order chi connectivity index (χ1) is 20.3. The van der Waals surface area contributed by atoms with Crippen LogP contribution in [-0.2, 0) is 4.74 Å². The Morgan fingerprint density at radius 1 is 0.929 bits per heavy atom. The zero-order valence-electron chi connectivity index (χ0n) is 23.8. The summed E-state index contributed by atoms with van der Waals surface area (Å²) in [4.78, 5) is 20.7. The molecule has 0 atom stereocenters. The maximum Gasteiger partial charge on any atom is 0.213 e. The van der Waals surface area contributed by atoms with Crippen LogP contribution in [0, 0.1) is 32.4 Å². The molecule has 10 heteroatoms. The van der Waals surface area contributed by atoms with Crippen molar-refractivity contribution in [3.8, 4) is 28.4 Å². The first-order valence-electron chi connectivity index (χ1n) is 13.7. The van der Waals surface area contributed by atoms with Crippen LogP contribution in [0.3, 0.4) is 0 Å². The number of anilines is 3. The van der Waals surface area contributed by atoms with Gasteiger partial charge in [0, 0.05) is 72.1 Å². The SMILES string of the molecule is COc1ccc(-c2cnc(N3CCOCC3)cc2Nc2c(C)c(-c3cc(C)ccn3)nc3cc(F)cc(F)c23)c(C)n1. The Morgan fingerprint density at radius 3 is 2.48 bits per heavy atom. The molecule has 1 fully saturated rings. The minimum absolute atomic E-state index is 0.185. The third-order valence-corrected chi connectivity index (χ3v) is 7.45. The average Bonchev–Trinajstić information content (AvgIpc) is 2.98. The second-order valence-corrected chi connectivity index (χ2v) is 10.3. The minimum atomic E-state index is -0.710. The number of methoxy groups -OCH3 is 1. The molecule has 1 aliphatic rings. The van der Waals surface area contributed by atoms with Crippen molar-refractivity contribution >= 4 is 28.1 Å². The first kappa shape index (κ1) is 27.5. The van der Waals surface area contributed by atoms with Gasteiger partial charge in [0.2, 0.25) is 5.88 Å². The van der Waals surface area contributed by atoms with Crippen LogP contribution in [0.15, 0.2) is 54.9 Å². The lowest BCUT2D eigenvalue weighted by molar-refractivity contribution is 0.122. The molecule has 1 saturated heterocycles. The largest absolute Gasteiger partial charge is 0.481 e. The third kappa shape index (κ3) is 5.21. The van der Waals surface area contributed by atoms with Crippen molar-refractivity contribution < 1.29 is 18.3 Å². The lowest BCUT2D eigenvalue weighted by atomic mass is 10.0. The fourth-order valence-corrected chi connectivity index (χ4v) is 5.28. The lowest BCUT2D eigenvalue weighted by Gasteiger charge is -2.29. The maximum absolute atomic E-state index is 15.5. The van der Waals surface area contributed by atoms with Crippen molar-refractivity contribution in [3.63, 3.8) is 0 Å². The summed E-state index contributed by atoms with van der Waals surface area (Å²) in [6.45, 7) is 8.32. The Hall–Kier alpha value is -4.70. The van der Waals surface area contributed by atoms with Gasteiger partial charge < -0.3 is 19.7 Å². The molecule has 6 rings (SSSR count). The van der Waals surface area contributed by atoms with Gasteiger partial charge in [0.25, 0.3) is 0 Å². The molecule has 5 aromatic rings. The summed E-state index contributed by atoms with van der Waals surface area (Å²) in [6, 6.07) is 11.6.